The van der Waals surface area contributed by atoms with Crippen LogP contribution >= 0.6 is 0 Å². The maximum absolute atomic E-state index is 5.53. The Labute approximate surface area is 248 Å². The Morgan fingerprint density at radius 3 is 0.683 bits per heavy atom. The van der Waals surface area contributed by atoms with Gasteiger partial charge in [0.15, 0.2) is 0 Å². The normalized spacial score (nSPS) is 12.4. The van der Waals surface area contributed by atoms with Gasteiger partial charge in [-0.15, -0.1) is 0 Å². The lowest BCUT2D eigenvalue weighted by Crippen LogP contribution is -2.15. The first-order chi connectivity index (χ1) is 20.3. The molecule has 0 fully saturated rings. The first-order valence-corrected chi connectivity index (χ1v) is 15.2. The molecule has 0 saturated carbocycles. The largest absolute Gasteiger partial charge is 0.379 e. The Balaban J connectivity index is 3.03. The molecule has 1 unspecified atom stereocenters. The van der Waals surface area contributed by atoms with Crippen molar-refractivity contribution in [3.63, 3.8) is 0 Å². The van der Waals surface area contributed by atoms with Crippen LogP contribution in [0.3, 0.4) is 0 Å². The van der Waals surface area contributed by atoms with Crippen LogP contribution in [0.2, 0.25) is 0 Å². The van der Waals surface area contributed by atoms with Gasteiger partial charge in [0.05, 0.1) is 145 Å². The molecular formula is C29H60O12. The molecule has 248 valence electrons. The van der Waals surface area contributed by atoms with Crippen molar-refractivity contribution in [2.75, 3.05) is 159 Å². The highest BCUT2D eigenvalue weighted by Crippen LogP contribution is 2.00. The van der Waals surface area contributed by atoms with Gasteiger partial charge in [-0.1, -0.05) is 20.3 Å². The smallest absolute Gasteiger partial charge is 0.0701 e. The van der Waals surface area contributed by atoms with Crippen LogP contribution in [0, 0.1) is 5.92 Å². The average molecular weight is 601 g/mol. The van der Waals surface area contributed by atoms with Crippen molar-refractivity contribution in [1.29, 1.82) is 0 Å². The van der Waals surface area contributed by atoms with Gasteiger partial charge in [-0.05, 0) is 12.8 Å². The molecule has 0 aliphatic rings. The van der Waals surface area contributed by atoms with Gasteiger partial charge < -0.3 is 56.8 Å². The maximum Gasteiger partial charge on any atom is 0.0701 e. The summed E-state index contributed by atoms with van der Waals surface area (Å²) in [4.78, 5) is 0. The molecule has 0 N–H and O–H groups in total. The van der Waals surface area contributed by atoms with Crippen LogP contribution in [0.4, 0.5) is 0 Å². The van der Waals surface area contributed by atoms with Crippen LogP contribution in [0.25, 0.3) is 0 Å². The molecule has 0 aliphatic heterocycles. The lowest BCUT2D eigenvalue weighted by molar-refractivity contribution is -0.0285. The SMILES string of the molecule is CCOCCOCCOCCOCCOCCOCCOCCOCCOCCOCCOCCOCC(C)CC. The fraction of sp³-hybridized carbons (Fsp3) is 1.00. The first kappa shape index (κ1) is 40.5. The molecule has 41 heavy (non-hydrogen) atoms. The molecule has 0 bridgehead atoms. The Morgan fingerprint density at radius 1 is 0.293 bits per heavy atom. The molecule has 0 heterocycles. The number of ether oxygens (including phenoxy) is 12. The number of hydrogen-bond acceptors (Lipinski definition) is 12. The van der Waals surface area contributed by atoms with Crippen LogP contribution in [-0.2, 0) is 56.8 Å². The van der Waals surface area contributed by atoms with E-state index < -0.39 is 0 Å². The zero-order valence-corrected chi connectivity index (χ0v) is 26.2. The van der Waals surface area contributed by atoms with E-state index >= 15 is 0 Å². The van der Waals surface area contributed by atoms with Crippen LogP contribution in [0.1, 0.15) is 27.2 Å². The summed E-state index contributed by atoms with van der Waals surface area (Å²) in [6.45, 7) is 19.9. The lowest BCUT2D eigenvalue weighted by atomic mass is 10.1. The summed E-state index contributed by atoms with van der Waals surface area (Å²) in [6, 6.07) is 0. The number of rotatable bonds is 37. The Morgan fingerprint density at radius 2 is 0.488 bits per heavy atom. The van der Waals surface area contributed by atoms with E-state index in [2.05, 4.69) is 13.8 Å². The van der Waals surface area contributed by atoms with Crippen molar-refractivity contribution < 1.29 is 56.8 Å². The molecule has 1 atom stereocenters. The van der Waals surface area contributed by atoms with Gasteiger partial charge in [-0.3, -0.25) is 0 Å². The minimum absolute atomic E-state index is 0.521. The summed E-state index contributed by atoms with van der Waals surface area (Å²) in [7, 11) is 0. The quantitative estimate of drug-likeness (QED) is 0.0976. The highest BCUT2D eigenvalue weighted by molar-refractivity contribution is 4.46. The van der Waals surface area contributed by atoms with Gasteiger partial charge in [-0.2, -0.15) is 0 Å². The van der Waals surface area contributed by atoms with Crippen LogP contribution < -0.4 is 0 Å². The predicted octanol–water partition coefficient (Wildman–Crippen LogP) is 2.25. The van der Waals surface area contributed by atoms with E-state index in [0.717, 1.165) is 13.0 Å². The molecule has 0 rings (SSSR count). The van der Waals surface area contributed by atoms with Gasteiger partial charge in [0.2, 0.25) is 0 Å². The molecule has 0 spiro atoms. The van der Waals surface area contributed by atoms with Crippen molar-refractivity contribution in [3.05, 3.63) is 0 Å². The molecule has 0 aromatic heterocycles. The van der Waals surface area contributed by atoms with Crippen LogP contribution in [-0.4, -0.2) is 159 Å². The second kappa shape index (κ2) is 37.5. The summed E-state index contributed by atoms with van der Waals surface area (Å²) in [5.74, 6) is 0.600. The van der Waals surface area contributed by atoms with E-state index in [4.69, 9.17) is 56.8 Å². The third kappa shape index (κ3) is 37.5. The summed E-state index contributed by atoms with van der Waals surface area (Å²) < 4.78 is 65.2. The molecule has 12 heteroatoms. The van der Waals surface area contributed by atoms with Crippen molar-refractivity contribution >= 4 is 0 Å². The van der Waals surface area contributed by atoms with Crippen molar-refractivity contribution in [1.82, 2.24) is 0 Å². The highest BCUT2D eigenvalue weighted by Gasteiger charge is 1.99. The predicted molar refractivity (Wildman–Crippen MR) is 155 cm³/mol. The molecule has 0 aliphatic carbocycles. The average Bonchev–Trinajstić information content (AvgIpc) is 2.99. The molecule has 0 amide bonds. The Hall–Kier alpha value is -0.480. The first-order valence-electron chi connectivity index (χ1n) is 15.2. The van der Waals surface area contributed by atoms with E-state index in [0.29, 0.717) is 158 Å². The van der Waals surface area contributed by atoms with Crippen LogP contribution in [0.5, 0.6) is 0 Å². The van der Waals surface area contributed by atoms with Gasteiger partial charge in [-0.25, -0.2) is 0 Å². The van der Waals surface area contributed by atoms with Crippen molar-refractivity contribution in [2.45, 2.75) is 27.2 Å². The van der Waals surface area contributed by atoms with E-state index in [-0.39, 0.29) is 0 Å². The summed E-state index contributed by atoms with van der Waals surface area (Å²) in [5, 5.41) is 0. The molecule has 0 aromatic rings. The monoisotopic (exact) mass is 600 g/mol. The minimum Gasteiger partial charge on any atom is -0.379 e. The van der Waals surface area contributed by atoms with E-state index in [1.165, 1.54) is 0 Å². The third-order valence-electron chi connectivity index (χ3n) is 5.40. The zero-order chi connectivity index (χ0) is 29.7. The molecule has 12 nitrogen and oxygen atoms in total. The van der Waals surface area contributed by atoms with Crippen LogP contribution in [0.15, 0.2) is 0 Å². The van der Waals surface area contributed by atoms with Crippen molar-refractivity contribution in [3.8, 4) is 0 Å². The fourth-order valence-corrected chi connectivity index (χ4v) is 2.86. The summed E-state index contributed by atoms with van der Waals surface area (Å²) in [6.07, 6.45) is 1.13. The van der Waals surface area contributed by atoms with E-state index in [1.807, 2.05) is 6.92 Å². The van der Waals surface area contributed by atoms with E-state index in [1.54, 1.807) is 0 Å². The number of hydrogen-bond donors (Lipinski definition) is 0. The van der Waals surface area contributed by atoms with Gasteiger partial charge in [0, 0.05) is 13.2 Å². The molecule has 0 radical (unpaired) electrons. The van der Waals surface area contributed by atoms with E-state index in [9.17, 15) is 0 Å². The zero-order valence-electron chi connectivity index (χ0n) is 26.2. The molecule has 0 aromatic carbocycles. The Kier molecular flexibility index (Phi) is 37.1. The summed E-state index contributed by atoms with van der Waals surface area (Å²) >= 11 is 0. The Bertz CT molecular complexity index is 462. The molecule has 0 saturated heterocycles. The lowest BCUT2D eigenvalue weighted by Gasteiger charge is -2.10. The van der Waals surface area contributed by atoms with Gasteiger partial charge in [0.25, 0.3) is 0 Å². The van der Waals surface area contributed by atoms with Crippen molar-refractivity contribution in [2.24, 2.45) is 5.92 Å². The molecular weight excluding hydrogens is 540 g/mol. The topological polar surface area (TPSA) is 111 Å². The highest BCUT2D eigenvalue weighted by atomic mass is 16.6. The second-order valence-corrected chi connectivity index (χ2v) is 8.91. The standard InChI is InChI=1S/C29H60O12/c1-4-29(3)28-41-27-26-40-25-24-39-23-22-38-21-20-37-19-18-36-17-16-35-15-14-34-13-12-33-11-10-32-9-8-31-7-6-30-5-2/h29H,4-28H2,1-3H3. The van der Waals surface area contributed by atoms with Gasteiger partial charge in [0.1, 0.15) is 0 Å². The minimum atomic E-state index is 0.521. The maximum atomic E-state index is 5.53. The van der Waals surface area contributed by atoms with Gasteiger partial charge >= 0.3 is 0 Å². The third-order valence-corrected chi connectivity index (χ3v) is 5.40. The second-order valence-electron chi connectivity index (χ2n) is 8.91. The fourth-order valence-electron chi connectivity index (χ4n) is 2.86. The summed E-state index contributed by atoms with van der Waals surface area (Å²) in [5.41, 5.74) is 0.